The summed E-state index contributed by atoms with van der Waals surface area (Å²) in [7, 11) is 2.19. The minimum Gasteiger partial charge on any atom is -0.490 e. The number of thiophene rings is 1. The Morgan fingerprint density at radius 2 is 2.10 bits per heavy atom. The van der Waals surface area contributed by atoms with E-state index < -0.39 is 0 Å². The quantitative estimate of drug-likeness (QED) is 0.559. The molecule has 0 aliphatic carbocycles. The summed E-state index contributed by atoms with van der Waals surface area (Å²) in [4.78, 5) is 8.67. The van der Waals surface area contributed by atoms with E-state index in [4.69, 9.17) is 14.5 Å². The van der Waals surface area contributed by atoms with Crippen LogP contribution < -0.4 is 20.1 Å². The van der Waals surface area contributed by atoms with E-state index in [0.717, 1.165) is 55.6 Å². The molecule has 6 nitrogen and oxygen atoms in total. The molecule has 1 unspecified atom stereocenters. The number of nitrogens with one attached hydrogen (secondary N) is 2. The molecule has 0 spiro atoms. The molecule has 0 amide bonds. The second-order valence-corrected chi connectivity index (χ2v) is 8.59. The Kier molecular flexibility index (Phi) is 6.90. The SMILES string of the molecule is CN1CCCC1CN=C(NCCc1cccs1)Nc1ccc2c(c1)OCCCO2. The number of hydrogen-bond acceptors (Lipinski definition) is 5. The summed E-state index contributed by atoms with van der Waals surface area (Å²) in [6.07, 6.45) is 4.37. The van der Waals surface area contributed by atoms with Crippen LogP contribution in [0.1, 0.15) is 24.1 Å². The highest BCUT2D eigenvalue weighted by Gasteiger charge is 2.20. The van der Waals surface area contributed by atoms with Gasteiger partial charge in [-0.3, -0.25) is 4.99 Å². The first-order chi connectivity index (χ1) is 14.3. The highest BCUT2D eigenvalue weighted by molar-refractivity contribution is 7.09. The van der Waals surface area contributed by atoms with Crippen LogP contribution in [0.15, 0.2) is 40.7 Å². The zero-order valence-corrected chi connectivity index (χ0v) is 17.8. The Labute approximate surface area is 176 Å². The van der Waals surface area contributed by atoms with Gasteiger partial charge in [-0.2, -0.15) is 0 Å². The van der Waals surface area contributed by atoms with Crippen molar-refractivity contribution in [2.75, 3.05) is 45.2 Å². The van der Waals surface area contributed by atoms with E-state index in [9.17, 15) is 0 Å². The van der Waals surface area contributed by atoms with E-state index in [-0.39, 0.29) is 0 Å². The largest absolute Gasteiger partial charge is 0.490 e. The van der Waals surface area contributed by atoms with Gasteiger partial charge in [-0.25, -0.2) is 0 Å². The average Bonchev–Trinajstić information content (AvgIpc) is 3.32. The molecule has 1 aromatic carbocycles. The lowest BCUT2D eigenvalue weighted by Crippen LogP contribution is -2.35. The monoisotopic (exact) mass is 414 g/mol. The first-order valence-electron chi connectivity index (χ1n) is 10.5. The van der Waals surface area contributed by atoms with Crippen molar-refractivity contribution in [3.8, 4) is 11.5 Å². The van der Waals surface area contributed by atoms with Crippen LogP contribution in [-0.4, -0.2) is 56.8 Å². The van der Waals surface area contributed by atoms with Crippen molar-refractivity contribution >= 4 is 23.0 Å². The Hall–Kier alpha value is -2.25. The van der Waals surface area contributed by atoms with E-state index in [1.54, 1.807) is 11.3 Å². The third kappa shape index (κ3) is 5.64. The molecule has 2 aromatic rings. The molecule has 2 aliphatic heterocycles. The van der Waals surface area contributed by atoms with Gasteiger partial charge in [0.1, 0.15) is 0 Å². The summed E-state index contributed by atoms with van der Waals surface area (Å²) in [5.41, 5.74) is 0.955. The first-order valence-corrected chi connectivity index (χ1v) is 11.3. The maximum atomic E-state index is 5.83. The number of guanidine groups is 1. The van der Waals surface area contributed by atoms with Gasteiger partial charge in [0.15, 0.2) is 17.5 Å². The summed E-state index contributed by atoms with van der Waals surface area (Å²) in [5, 5.41) is 9.07. The van der Waals surface area contributed by atoms with Gasteiger partial charge in [0.25, 0.3) is 0 Å². The second-order valence-electron chi connectivity index (χ2n) is 7.56. The number of aliphatic imine (C=N–C) groups is 1. The Bertz CT molecular complexity index is 809. The van der Waals surface area contributed by atoms with Crippen LogP contribution in [0.4, 0.5) is 5.69 Å². The van der Waals surface area contributed by atoms with Gasteiger partial charge in [0.05, 0.1) is 19.8 Å². The second kappa shape index (κ2) is 9.98. The summed E-state index contributed by atoms with van der Waals surface area (Å²) in [5.74, 6) is 2.42. The van der Waals surface area contributed by atoms with Gasteiger partial charge >= 0.3 is 0 Å². The van der Waals surface area contributed by atoms with E-state index in [2.05, 4.69) is 40.1 Å². The van der Waals surface area contributed by atoms with Crippen LogP contribution in [0.5, 0.6) is 11.5 Å². The molecule has 7 heteroatoms. The fourth-order valence-corrected chi connectivity index (χ4v) is 4.39. The first kappa shape index (κ1) is 20.0. The maximum absolute atomic E-state index is 5.83. The molecule has 29 heavy (non-hydrogen) atoms. The fraction of sp³-hybridized carbons (Fsp3) is 0.500. The van der Waals surface area contributed by atoms with Crippen molar-refractivity contribution in [2.45, 2.75) is 31.7 Å². The predicted molar refractivity (Wildman–Crippen MR) is 120 cm³/mol. The highest BCUT2D eigenvalue weighted by atomic mass is 32.1. The number of fused-ring (bicyclic) bond motifs is 1. The van der Waals surface area contributed by atoms with Crippen molar-refractivity contribution in [3.05, 3.63) is 40.6 Å². The van der Waals surface area contributed by atoms with Gasteiger partial charge in [-0.05, 0) is 56.4 Å². The molecule has 3 heterocycles. The minimum absolute atomic E-state index is 0.523. The fourth-order valence-electron chi connectivity index (χ4n) is 3.68. The number of ether oxygens (including phenoxy) is 2. The lowest BCUT2D eigenvalue weighted by Gasteiger charge is -2.19. The molecular formula is C22H30N4O2S. The number of benzene rings is 1. The number of likely N-dealkylation sites (tertiary alicyclic amines) is 1. The molecule has 1 fully saturated rings. The summed E-state index contributed by atoms with van der Waals surface area (Å²) < 4.78 is 11.6. The molecule has 0 saturated carbocycles. The van der Waals surface area contributed by atoms with E-state index in [1.165, 1.54) is 17.7 Å². The molecule has 4 rings (SSSR count). The third-order valence-electron chi connectivity index (χ3n) is 5.39. The average molecular weight is 415 g/mol. The Balaban J connectivity index is 1.42. The van der Waals surface area contributed by atoms with Crippen molar-refractivity contribution < 1.29 is 9.47 Å². The summed E-state index contributed by atoms with van der Waals surface area (Å²) in [6.45, 7) is 4.19. The predicted octanol–water partition coefficient (Wildman–Crippen LogP) is 3.60. The van der Waals surface area contributed by atoms with Crippen LogP contribution in [0, 0.1) is 0 Å². The molecular weight excluding hydrogens is 384 g/mol. The zero-order chi connectivity index (χ0) is 19.9. The lowest BCUT2D eigenvalue weighted by atomic mass is 10.2. The molecule has 2 aliphatic rings. The zero-order valence-electron chi connectivity index (χ0n) is 17.0. The highest BCUT2D eigenvalue weighted by Crippen LogP contribution is 2.32. The van der Waals surface area contributed by atoms with E-state index >= 15 is 0 Å². The van der Waals surface area contributed by atoms with Crippen molar-refractivity contribution in [1.82, 2.24) is 10.2 Å². The van der Waals surface area contributed by atoms with Crippen LogP contribution in [-0.2, 0) is 6.42 Å². The molecule has 0 radical (unpaired) electrons. The van der Waals surface area contributed by atoms with E-state index in [0.29, 0.717) is 19.3 Å². The maximum Gasteiger partial charge on any atom is 0.195 e. The van der Waals surface area contributed by atoms with Crippen LogP contribution in [0.25, 0.3) is 0 Å². The Morgan fingerprint density at radius 1 is 1.21 bits per heavy atom. The number of rotatable bonds is 6. The lowest BCUT2D eigenvalue weighted by molar-refractivity contribution is 0.297. The number of hydrogen-bond donors (Lipinski definition) is 2. The van der Waals surface area contributed by atoms with Gasteiger partial charge < -0.3 is 25.0 Å². The number of likely N-dealkylation sites (N-methyl/N-ethyl adjacent to an activating group) is 1. The van der Waals surface area contributed by atoms with Crippen LogP contribution in [0.3, 0.4) is 0 Å². The van der Waals surface area contributed by atoms with Crippen molar-refractivity contribution in [2.24, 2.45) is 4.99 Å². The van der Waals surface area contributed by atoms with Gasteiger partial charge in [-0.15, -0.1) is 11.3 Å². The topological polar surface area (TPSA) is 58.1 Å². The smallest absolute Gasteiger partial charge is 0.195 e. The number of nitrogens with zero attached hydrogens (tertiary/aromatic N) is 2. The molecule has 1 atom stereocenters. The minimum atomic E-state index is 0.523. The normalized spacial score (nSPS) is 19.8. The van der Waals surface area contributed by atoms with Crippen LogP contribution in [0.2, 0.25) is 0 Å². The van der Waals surface area contributed by atoms with Gasteiger partial charge in [-0.1, -0.05) is 6.07 Å². The standard InChI is InChI=1S/C22H30N4O2S/c1-26-11-2-5-18(26)16-24-22(23-10-9-19-6-3-14-29-19)25-17-7-8-20-21(15-17)28-13-4-12-27-20/h3,6-8,14-15,18H,2,4-5,9-13,16H2,1H3,(H2,23,24,25). The number of anilines is 1. The molecule has 1 saturated heterocycles. The molecule has 2 N–H and O–H groups in total. The third-order valence-corrected chi connectivity index (χ3v) is 6.32. The van der Waals surface area contributed by atoms with Crippen LogP contribution >= 0.6 is 11.3 Å². The van der Waals surface area contributed by atoms with Crippen molar-refractivity contribution in [1.29, 1.82) is 0 Å². The van der Waals surface area contributed by atoms with Crippen molar-refractivity contribution in [3.63, 3.8) is 0 Å². The molecule has 1 aromatic heterocycles. The van der Waals surface area contributed by atoms with Gasteiger partial charge in [0.2, 0.25) is 0 Å². The summed E-state index contributed by atoms with van der Waals surface area (Å²) >= 11 is 1.79. The summed E-state index contributed by atoms with van der Waals surface area (Å²) in [6, 6.07) is 10.8. The Morgan fingerprint density at radius 3 is 2.90 bits per heavy atom. The molecule has 0 bridgehead atoms. The van der Waals surface area contributed by atoms with Gasteiger partial charge in [0, 0.05) is 35.6 Å². The van der Waals surface area contributed by atoms with E-state index in [1.807, 2.05) is 18.2 Å². The molecule has 156 valence electrons.